The van der Waals surface area contributed by atoms with E-state index in [-0.39, 0.29) is 10.7 Å². The van der Waals surface area contributed by atoms with Crippen molar-refractivity contribution in [3.05, 3.63) is 59.2 Å². The Morgan fingerprint density at radius 2 is 1.62 bits per heavy atom. The van der Waals surface area contributed by atoms with Gasteiger partial charge in [-0.1, -0.05) is 35.9 Å². The molecule has 0 aliphatic carbocycles. The van der Waals surface area contributed by atoms with Crippen molar-refractivity contribution >= 4 is 40.1 Å². The third-order valence-corrected chi connectivity index (χ3v) is 3.20. The van der Waals surface area contributed by atoms with E-state index in [1.165, 1.54) is 6.07 Å². The molecule has 104 valence electrons. The molecule has 0 spiro atoms. The van der Waals surface area contributed by atoms with Gasteiger partial charge in [0.1, 0.15) is 0 Å². The highest BCUT2D eigenvalue weighted by molar-refractivity contribution is 6.32. The lowest BCUT2D eigenvalue weighted by molar-refractivity contribution is 0.0698. The van der Waals surface area contributed by atoms with Gasteiger partial charge in [0.2, 0.25) is 0 Å². The van der Waals surface area contributed by atoms with Crippen LogP contribution in [-0.2, 0) is 0 Å². The topological polar surface area (TPSA) is 75.1 Å². The number of aromatic carboxylic acids is 1. The Morgan fingerprint density at radius 3 is 2.33 bits per heavy atom. The maximum Gasteiger partial charge on any atom is 0.337 e. The molecule has 0 atom stereocenters. The van der Waals surface area contributed by atoms with Gasteiger partial charge in [-0.15, -0.1) is 0 Å². The summed E-state index contributed by atoms with van der Waals surface area (Å²) in [6.07, 6.45) is 0. The van der Waals surface area contributed by atoms with Crippen molar-refractivity contribution < 1.29 is 9.90 Å². The van der Waals surface area contributed by atoms with Gasteiger partial charge < -0.3 is 10.4 Å². The zero-order chi connectivity index (χ0) is 14.8. The van der Waals surface area contributed by atoms with Crippen LogP contribution in [0.15, 0.2) is 48.5 Å². The molecule has 1 aromatic heterocycles. The summed E-state index contributed by atoms with van der Waals surface area (Å²) in [7, 11) is 0. The van der Waals surface area contributed by atoms with Crippen LogP contribution in [-0.4, -0.2) is 21.0 Å². The van der Waals surface area contributed by atoms with Crippen LogP contribution < -0.4 is 5.32 Å². The lowest BCUT2D eigenvalue weighted by atomic mass is 10.2. The number of halogens is 1. The summed E-state index contributed by atoms with van der Waals surface area (Å²) in [6, 6.07) is 13.9. The fourth-order valence-corrected chi connectivity index (χ4v) is 2.14. The highest BCUT2D eigenvalue weighted by atomic mass is 35.5. The Labute approximate surface area is 125 Å². The Morgan fingerprint density at radius 1 is 1.00 bits per heavy atom. The lowest BCUT2D eigenvalue weighted by Crippen LogP contribution is -2.04. The van der Waals surface area contributed by atoms with Crippen LogP contribution in [0.2, 0.25) is 5.15 Å². The number of carbonyl (C=O) groups is 1. The van der Waals surface area contributed by atoms with Crippen molar-refractivity contribution in [2.45, 2.75) is 0 Å². The van der Waals surface area contributed by atoms with Gasteiger partial charge in [-0.3, -0.25) is 0 Å². The number of carboxylic acids is 1. The number of benzene rings is 2. The molecule has 21 heavy (non-hydrogen) atoms. The number of carboxylic acid groups (broad SMARTS) is 1. The molecule has 0 aliphatic rings. The van der Waals surface area contributed by atoms with E-state index in [1.807, 2.05) is 24.3 Å². The van der Waals surface area contributed by atoms with Crippen LogP contribution in [0, 0.1) is 0 Å². The monoisotopic (exact) mass is 299 g/mol. The SMILES string of the molecule is O=C(O)c1ccccc1Nc1nc2ccccc2nc1Cl. The molecule has 3 aromatic rings. The van der Waals surface area contributed by atoms with Crippen LogP contribution >= 0.6 is 11.6 Å². The molecule has 0 radical (unpaired) electrons. The molecule has 0 fully saturated rings. The van der Waals surface area contributed by atoms with Gasteiger partial charge in [0.15, 0.2) is 11.0 Å². The van der Waals surface area contributed by atoms with E-state index in [1.54, 1.807) is 18.2 Å². The van der Waals surface area contributed by atoms with Gasteiger partial charge in [-0.25, -0.2) is 14.8 Å². The van der Waals surface area contributed by atoms with Crippen LogP contribution in [0.5, 0.6) is 0 Å². The van der Waals surface area contributed by atoms with Gasteiger partial charge in [-0.2, -0.15) is 0 Å². The minimum Gasteiger partial charge on any atom is -0.478 e. The number of hydrogen-bond acceptors (Lipinski definition) is 4. The maximum atomic E-state index is 11.2. The fourth-order valence-electron chi connectivity index (χ4n) is 1.96. The standard InChI is InChI=1S/C15H10ClN3O2/c16-13-14(19-12-8-4-3-7-11(12)17-13)18-10-6-2-1-5-9(10)15(20)21/h1-8H,(H,18,19)(H,20,21). The van der Waals surface area contributed by atoms with E-state index in [0.717, 1.165) is 0 Å². The minimum atomic E-state index is -1.03. The predicted octanol–water partition coefficient (Wildman–Crippen LogP) is 3.73. The Kier molecular flexibility index (Phi) is 3.41. The molecule has 0 bridgehead atoms. The van der Waals surface area contributed by atoms with E-state index in [9.17, 15) is 9.90 Å². The maximum absolute atomic E-state index is 11.2. The molecule has 2 N–H and O–H groups in total. The number of para-hydroxylation sites is 3. The number of fused-ring (bicyclic) bond motifs is 1. The zero-order valence-corrected chi connectivity index (χ0v) is 11.5. The number of nitrogens with zero attached hydrogens (tertiary/aromatic N) is 2. The van der Waals surface area contributed by atoms with E-state index in [0.29, 0.717) is 22.5 Å². The Hall–Kier alpha value is -2.66. The molecule has 0 saturated heterocycles. The summed E-state index contributed by atoms with van der Waals surface area (Å²) >= 11 is 6.10. The summed E-state index contributed by atoms with van der Waals surface area (Å²) in [6.45, 7) is 0. The van der Waals surface area contributed by atoms with Crippen molar-refractivity contribution in [1.29, 1.82) is 0 Å². The first-order valence-corrected chi connectivity index (χ1v) is 6.54. The number of aromatic nitrogens is 2. The van der Waals surface area contributed by atoms with Crippen molar-refractivity contribution in [2.75, 3.05) is 5.32 Å². The molecule has 2 aromatic carbocycles. The summed E-state index contributed by atoms with van der Waals surface area (Å²) in [5, 5.41) is 12.3. The predicted molar refractivity (Wildman–Crippen MR) is 81.2 cm³/mol. The van der Waals surface area contributed by atoms with Gasteiger partial charge in [0.05, 0.1) is 22.3 Å². The second kappa shape index (κ2) is 5.38. The number of nitrogens with one attached hydrogen (secondary N) is 1. The third kappa shape index (κ3) is 2.64. The van der Waals surface area contributed by atoms with Crippen molar-refractivity contribution in [3.63, 3.8) is 0 Å². The molecule has 3 rings (SSSR count). The molecule has 6 heteroatoms. The molecule has 5 nitrogen and oxygen atoms in total. The average molecular weight is 300 g/mol. The van der Waals surface area contributed by atoms with E-state index in [2.05, 4.69) is 15.3 Å². The van der Waals surface area contributed by atoms with Gasteiger partial charge in [0, 0.05) is 0 Å². The molecule has 0 saturated carbocycles. The number of hydrogen-bond donors (Lipinski definition) is 2. The molecule has 0 unspecified atom stereocenters. The summed E-state index contributed by atoms with van der Waals surface area (Å²) in [5.41, 5.74) is 1.91. The second-order valence-electron chi connectivity index (χ2n) is 4.33. The number of rotatable bonds is 3. The first-order chi connectivity index (χ1) is 10.1. The van der Waals surface area contributed by atoms with Crippen LogP contribution in [0.25, 0.3) is 11.0 Å². The van der Waals surface area contributed by atoms with Crippen molar-refractivity contribution in [1.82, 2.24) is 9.97 Å². The van der Waals surface area contributed by atoms with E-state index >= 15 is 0 Å². The van der Waals surface area contributed by atoms with Crippen molar-refractivity contribution in [3.8, 4) is 0 Å². The van der Waals surface area contributed by atoms with Gasteiger partial charge in [0.25, 0.3) is 0 Å². The summed E-state index contributed by atoms with van der Waals surface area (Å²) in [4.78, 5) is 19.8. The highest BCUT2D eigenvalue weighted by Crippen LogP contribution is 2.26. The van der Waals surface area contributed by atoms with Gasteiger partial charge in [-0.05, 0) is 24.3 Å². The lowest BCUT2D eigenvalue weighted by Gasteiger charge is -2.10. The molecular weight excluding hydrogens is 290 g/mol. The van der Waals surface area contributed by atoms with Crippen molar-refractivity contribution in [2.24, 2.45) is 0 Å². The summed E-state index contributed by atoms with van der Waals surface area (Å²) < 4.78 is 0. The summed E-state index contributed by atoms with van der Waals surface area (Å²) in [5.74, 6) is -0.702. The first-order valence-electron chi connectivity index (χ1n) is 6.17. The highest BCUT2D eigenvalue weighted by Gasteiger charge is 2.12. The van der Waals surface area contributed by atoms with Gasteiger partial charge >= 0.3 is 5.97 Å². The fraction of sp³-hybridized carbons (Fsp3) is 0. The molecular formula is C15H10ClN3O2. The van der Waals surface area contributed by atoms with Crippen LogP contribution in [0.3, 0.4) is 0 Å². The zero-order valence-electron chi connectivity index (χ0n) is 10.7. The average Bonchev–Trinajstić information content (AvgIpc) is 2.48. The Bertz CT molecular complexity index is 836. The smallest absolute Gasteiger partial charge is 0.337 e. The largest absolute Gasteiger partial charge is 0.478 e. The van der Waals surface area contributed by atoms with Crippen LogP contribution in [0.4, 0.5) is 11.5 Å². The molecule has 0 amide bonds. The first kappa shape index (κ1) is 13.3. The normalized spacial score (nSPS) is 10.5. The number of anilines is 2. The molecule has 1 heterocycles. The van der Waals surface area contributed by atoms with Crippen LogP contribution in [0.1, 0.15) is 10.4 Å². The second-order valence-corrected chi connectivity index (χ2v) is 4.69. The van der Waals surface area contributed by atoms with E-state index < -0.39 is 5.97 Å². The Balaban J connectivity index is 2.06. The minimum absolute atomic E-state index is 0.142. The molecule has 0 aliphatic heterocycles. The quantitative estimate of drug-likeness (QED) is 0.771. The third-order valence-electron chi connectivity index (χ3n) is 2.94. The van der Waals surface area contributed by atoms with E-state index in [4.69, 9.17) is 11.6 Å².